The van der Waals surface area contributed by atoms with Crippen LogP contribution in [0.25, 0.3) is 0 Å². The van der Waals surface area contributed by atoms with E-state index in [-0.39, 0.29) is 0 Å². The Bertz CT molecular complexity index is 110. The highest BCUT2D eigenvalue weighted by Gasteiger charge is 1.65. The molecule has 0 amide bonds. The maximum atomic E-state index is 5.15. The molecular weight excluding hydrogens is 78.1 g/mol. The van der Waals surface area contributed by atoms with E-state index in [4.69, 9.17) is 5.73 Å². The number of rotatable bonds is 0. The van der Waals surface area contributed by atoms with Crippen molar-refractivity contribution in [3.8, 4) is 0 Å². The number of nitrogen functional groups attached to an aromatic ring is 1. The molecule has 0 aliphatic rings. The number of aromatic nitrogens is 2. The van der Waals surface area contributed by atoms with Crippen molar-refractivity contribution < 1.29 is 0 Å². The van der Waals surface area contributed by atoms with Gasteiger partial charge in [0.1, 0.15) is 0 Å². The maximum absolute atomic E-state index is 5.15. The van der Waals surface area contributed by atoms with E-state index in [1.807, 2.05) is 0 Å². The number of hydrogen-bond acceptors (Lipinski definition) is 2. The predicted molar refractivity (Wildman–Crippen MR) is 22.0 cm³/mol. The third-order valence-electron chi connectivity index (χ3n) is 0.480. The summed E-state index contributed by atoms with van der Waals surface area (Å²) in [4.78, 5) is 0. The van der Waals surface area contributed by atoms with Crippen molar-refractivity contribution in [3.05, 3.63) is 12.4 Å². The molecule has 32 valence electrons. The summed E-state index contributed by atoms with van der Waals surface area (Å²) in [6, 6.07) is 0. The quantitative estimate of drug-likeness (QED) is 0.464. The third-order valence-corrected chi connectivity index (χ3v) is 0.480. The smallest absolute Gasteiger partial charge is 0.0269 e. The van der Waals surface area contributed by atoms with Crippen molar-refractivity contribution in [2.75, 3.05) is 5.73 Å². The Hall–Kier alpha value is -0.990. The summed E-state index contributed by atoms with van der Waals surface area (Å²) in [6.07, 6.45) is 3.00. The number of nitrogens with two attached hydrogens (primary N) is 1. The van der Waals surface area contributed by atoms with Gasteiger partial charge in [-0.3, -0.25) is 0 Å². The van der Waals surface area contributed by atoms with E-state index in [1.165, 1.54) is 12.4 Å². The van der Waals surface area contributed by atoms with Gasteiger partial charge >= 0.3 is 0 Å². The van der Waals surface area contributed by atoms with Crippen LogP contribution in [0.1, 0.15) is 0 Å². The first-order chi connectivity index (χ1) is 2.89. The van der Waals surface area contributed by atoms with Gasteiger partial charge in [-0.1, -0.05) is 0 Å². The van der Waals surface area contributed by atoms with E-state index in [9.17, 15) is 0 Å². The molecule has 1 rings (SSSR count). The molecule has 1 aromatic rings. The van der Waals surface area contributed by atoms with Crippen molar-refractivity contribution in [3.63, 3.8) is 0 Å². The second-order valence-corrected chi connectivity index (χ2v) is 0.989. The molecule has 2 N–H and O–H groups in total. The molecule has 3 nitrogen and oxygen atoms in total. The molecule has 0 bridgehead atoms. The topological polar surface area (TPSA) is 53.0 Å². The predicted octanol–water partition coefficient (Wildman–Crippen LogP) is -0.379. The molecule has 6 heavy (non-hydrogen) atoms. The molecule has 1 aromatic heterocycles. The molecule has 0 unspecified atom stereocenters. The van der Waals surface area contributed by atoms with Crippen molar-refractivity contribution in [1.82, 2.24) is 10.2 Å². The van der Waals surface area contributed by atoms with Gasteiger partial charge in [0.05, 0.1) is 0 Å². The minimum absolute atomic E-state index is 0.620. The molecule has 0 radical (unpaired) electrons. The summed E-state index contributed by atoms with van der Waals surface area (Å²) >= 11 is 0. The molecule has 0 saturated carbocycles. The van der Waals surface area contributed by atoms with Crippen LogP contribution in [-0.4, -0.2) is 5.10 Å². The molecule has 0 aromatic carbocycles. The second kappa shape index (κ2) is 1.01. The minimum atomic E-state index is 0.620. The summed E-state index contributed by atoms with van der Waals surface area (Å²) in [7, 11) is 0. The Labute approximate surface area is 35.2 Å². The Kier molecular flexibility index (Phi) is 0.538. The first-order valence-electron chi connectivity index (χ1n) is 1.58. The fourth-order valence-corrected chi connectivity index (χ4v) is 0.233. The summed E-state index contributed by atoms with van der Waals surface area (Å²) in [5, 5.41) is 6.89. The molecule has 0 saturated heterocycles. The van der Waals surface area contributed by atoms with Gasteiger partial charge in [-0.25, -0.2) is 0 Å². The van der Waals surface area contributed by atoms with E-state index in [0.29, 0.717) is 5.69 Å². The Morgan fingerprint density at radius 3 is 2.83 bits per heavy atom. The van der Waals surface area contributed by atoms with Gasteiger partial charge in [-0.05, 0) is 0 Å². The van der Waals surface area contributed by atoms with Crippen molar-refractivity contribution >= 4 is 5.69 Å². The first-order valence-corrected chi connectivity index (χ1v) is 1.58. The van der Waals surface area contributed by atoms with Crippen LogP contribution in [0.15, 0.2) is 12.4 Å². The molecule has 0 aliphatic heterocycles. The van der Waals surface area contributed by atoms with E-state index in [0.717, 1.165) is 0 Å². The molecule has 0 aliphatic carbocycles. The average Bonchev–Trinajstić information content (AvgIpc) is 1.86. The highest BCUT2D eigenvalue weighted by atomic mass is 15.1. The van der Waals surface area contributed by atoms with E-state index >= 15 is 0 Å². The lowest BCUT2D eigenvalue weighted by Gasteiger charge is -1.75. The number of anilines is 1. The normalized spacial score (nSPS) is 8.67. The van der Waals surface area contributed by atoms with Crippen LogP contribution in [0.4, 0.5) is 5.69 Å². The summed E-state index contributed by atoms with van der Waals surface area (Å²) in [6.45, 7) is 0. The molecule has 3 heteroatoms. The summed E-state index contributed by atoms with van der Waals surface area (Å²) in [5.41, 5.74) is 5.77. The van der Waals surface area contributed by atoms with E-state index in [2.05, 4.69) is 10.2 Å². The molecule has 0 spiro atoms. The lowest BCUT2D eigenvalue weighted by atomic mass is 10.6. The highest BCUT2D eigenvalue weighted by molar-refractivity contribution is 5.29. The molecule has 1 heterocycles. The fourth-order valence-electron chi connectivity index (χ4n) is 0.233. The first kappa shape index (κ1) is 3.21. The lowest BCUT2D eigenvalue weighted by molar-refractivity contribution is 1.06. The highest BCUT2D eigenvalue weighted by Crippen LogP contribution is 1.87. The van der Waals surface area contributed by atoms with Crippen molar-refractivity contribution in [1.29, 1.82) is 0 Å². The van der Waals surface area contributed by atoms with Gasteiger partial charge in [0.25, 0.3) is 0 Å². The average molecular weight is 82.1 g/mol. The third kappa shape index (κ3) is 0.337. The van der Waals surface area contributed by atoms with Crippen LogP contribution in [0.3, 0.4) is 0 Å². The number of nitrogens with zero attached hydrogens (tertiary/aromatic N) is 2. The summed E-state index contributed by atoms with van der Waals surface area (Å²) < 4.78 is 0. The van der Waals surface area contributed by atoms with Crippen molar-refractivity contribution in [2.45, 2.75) is 0 Å². The zero-order valence-electron chi connectivity index (χ0n) is 3.13. The van der Waals surface area contributed by atoms with Crippen molar-refractivity contribution in [2.24, 2.45) is 0 Å². The van der Waals surface area contributed by atoms with E-state index in [1.54, 1.807) is 0 Å². The van der Waals surface area contributed by atoms with Crippen LogP contribution in [0, 0.1) is 0 Å². The zero-order valence-corrected chi connectivity index (χ0v) is 3.13. The Morgan fingerprint density at radius 1 is 1.83 bits per heavy atom. The van der Waals surface area contributed by atoms with Crippen LogP contribution >= 0.6 is 0 Å². The second-order valence-electron chi connectivity index (χ2n) is 0.989. The van der Waals surface area contributed by atoms with Crippen LogP contribution in [0.5, 0.6) is 0 Å². The number of hydrogen-bond donors (Lipinski definition) is 1. The molecule has 0 atom stereocenters. The molecule has 0 fully saturated rings. The zero-order chi connectivity index (χ0) is 4.41. The lowest BCUT2D eigenvalue weighted by Crippen LogP contribution is -1.75. The van der Waals surface area contributed by atoms with Gasteiger partial charge in [-0.2, -0.15) is 0 Å². The fraction of sp³-hybridized carbons (Fsp3) is 0. The van der Waals surface area contributed by atoms with Gasteiger partial charge in [0, 0.05) is 11.9 Å². The van der Waals surface area contributed by atoms with Crippen LogP contribution in [0.2, 0.25) is 0 Å². The summed E-state index contributed by atoms with van der Waals surface area (Å²) in [5.74, 6) is 0. The SMILES string of the molecule is Nc1cn[n-]c1. The van der Waals surface area contributed by atoms with Gasteiger partial charge < -0.3 is 15.9 Å². The Balaban J connectivity index is 3.05. The monoisotopic (exact) mass is 82.0 g/mol. The molecular formula is C3H4N3-. The minimum Gasteiger partial charge on any atom is -0.580 e. The van der Waals surface area contributed by atoms with Crippen LogP contribution < -0.4 is 10.8 Å². The van der Waals surface area contributed by atoms with Gasteiger partial charge in [0.15, 0.2) is 0 Å². The van der Waals surface area contributed by atoms with Gasteiger partial charge in [-0.15, -0.1) is 6.20 Å². The standard InChI is InChI=1S/C3H4N3/c4-3-1-5-6-2-3/h1-2H,4H2/q-1. The van der Waals surface area contributed by atoms with Gasteiger partial charge in [0.2, 0.25) is 0 Å². The van der Waals surface area contributed by atoms with Crippen LogP contribution in [-0.2, 0) is 0 Å². The van der Waals surface area contributed by atoms with E-state index < -0.39 is 0 Å². The maximum Gasteiger partial charge on any atom is 0.0269 e. The largest absolute Gasteiger partial charge is 0.580 e. The Morgan fingerprint density at radius 2 is 2.67 bits per heavy atom.